The number of hydrogen-bond acceptors (Lipinski definition) is 4. The molecule has 4 rings (SSSR count). The lowest BCUT2D eigenvalue weighted by molar-refractivity contribution is -0.149. The molecule has 0 radical (unpaired) electrons. The molecule has 1 fully saturated rings. The number of aromatic nitrogens is 2. The Morgan fingerprint density at radius 3 is 2.71 bits per heavy atom. The van der Waals surface area contributed by atoms with Crippen LogP contribution in [0.1, 0.15) is 44.2 Å². The Hall–Kier alpha value is -2.82. The van der Waals surface area contributed by atoms with E-state index in [1.165, 1.54) is 12.1 Å². The van der Waals surface area contributed by atoms with Crippen LogP contribution >= 0.6 is 0 Å². The number of carbonyl (C=O) groups is 1. The van der Waals surface area contributed by atoms with Crippen LogP contribution in [0.15, 0.2) is 48.7 Å². The van der Waals surface area contributed by atoms with E-state index in [0.29, 0.717) is 12.3 Å². The largest absolute Gasteiger partial charge is 0.466 e. The Balaban J connectivity index is 1.67. The normalized spacial score (nSPS) is 19.5. The van der Waals surface area contributed by atoms with Crippen molar-refractivity contribution in [3.63, 3.8) is 0 Å². The third-order valence-corrected chi connectivity index (χ3v) is 5.47. The number of nitrogens with zero attached hydrogens (tertiary/aromatic N) is 2. The van der Waals surface area contributed by atoms with Crippen LogP contribution in [0.2, 0.25) is 0 Å². The van der Waals surface area contributed by atoms with Crippen LogP contribution in [-0.2, 0) is 9.53 Å². The predicted molar refractivity (Wildman–Crippen MR) is 106 cm³/mol. The van der Waals surface area contributed by atoms with Gasteiger partial charge in [0.05, 0.1) is 23.7 Å². The van der Waals surface area contributed by atoms with Gasteiger partial charge in [-0.25, -0.2) is 4.39 Å². The maximum absolute atomic E-state index is 13.8. The summed E-state index contributed by atoms with van der Waals surface area (Å²) in [5.41, 5.74) is 3.20. The second-order valence-electron chi connectivity index (χ2n) is 7.28. The Morgan fingerprint density at radius 2 is 1.96 bits per heavy atom. The molecule has 2 heterocycles. The summed E-state index contributed by atoms with van der Waals surface area (Å²) in [6, 6.07) is 12.5. The molecule has 0 N–H and O–H groups in total. The van der Waals surface area contributed by atoms with Crippen molar-refractivity contribution in [1.29, 1.82) is 0 Å². The van der Waals surface area contributed by atoms with Crippen LogP contribution in [0.3, 0.4) is 0 Å². The number of fused-ring (bicyclic) bond motifs is 1. The maximum Gasteiger partial charge on any atom is 0.308 e. The first kappa shape index (κ1) is 18.5. The number of rotatable bonds is 4. The van der Waals surface area contributed by atoms with Gasteiger partial charge < -0.3 is 4.74 Å². The van der Waals surface area contributed by atoms with Gasteiger partial charge in [0.2, 0.25) is 0 Å². The van der Waals surface area contributed by atoms with Crippen molar-refractivity contribution >= 4 is 16.9 Å². The Kier molecular flexibility index (Phi) is 5.33. The fraction of sp³-hybridized carbons (Fsp3) is 0.348. The van der Waals surface area contributed by atoms with Crippen molar-refractivity contribution in [1.82, 2.24) is 9.97 Å². The van der Waals surface area contributed by atoms with Gasteiger partial charge in [0.15, 0.2) is 0 Å². The predicted octanol–water partition coefficient (Wildman–Crippen LogP) is 5.27. The van der Waals surface area contributed by atoms with Crippen molar-refractivity contribution in [2.75, 3.05) is 6.61 Å². The fourth-order valence-corrected chi connectivity index (χ4v) is 4.04. The highest BCUT2D eigenvalue weighted by atomic mass is 19.1. The summed E-state index contributed by atoms with van der Waals surface area (Å²) in [5, 5.41) is 0.999. The molecule has 0 unspecified atom stereocenters. The lowest BCUT2D eigenvalue weighted by atomic mass is 9.80. The van der Waals surface area contributed by atoms with E-state index in [2.05, 4.69) is 11.1 Å². The summed E-state index contributed by atoms with van der Waals surface area (Å²) < 4.78 is 19.0. The van der Waals surface area contributed by atoms with Gasteiger partial charge >= 0.3 is 5.97 Å². The first-order valence-corrected chi connectivity index (χ1v) is 9.84. The number of pyridine rings is 2. The van der Waals surface area contributed by atoms with E-state index in [0.717, 1.165) is 47.8 Å². The molecule has 0 amide bonds. The van der Waals surface area contributed by atoms with Crippen LogP contribution in [0.4, 0.5) is 4.39 Å². The van der Waals surface area contributed by atoms with E-state index < -0.39 is 0 Å². The standard InChI is InChI=1S/C23H23FN2O2/c1-2-28-23(27)16-10-8-15(9-11-16)20-14-18-6-4-12-25-21(18)22(26-20)17-5-3-7-19(24)13-17/h3-7,12-16H,2,8-11H2,1H3. The van der Waals surface area contributed by atoms with E-state index in [9.17, 15) is 9.18 Å². The number of esters is 1. The molecule has 4 nitrogen and oxygen atoms in total. The number of carbonyl (C=O) groups excluding carboxylic acids is 1. The molecule has 28 heavy (non-hydrogen) atoms. The molecule has 0 saturated heterocycles. The van der Waals surface area contributed by atoms with Gasteiger partial charge in [-0.05, 0) is 56.9 Å². The monoisotopic (exact) mass is 378 g/mol. The number of halogens is 1. The second kappa shape index (κ2) is 8.05. The second-order valence-corrected chi connectivity index (χ2v) is 7.28. The molecular formula is C23H23FN2O2. The molecular weight excluding hydrogens is 355 g/mol. The van der Waals surface area contributed by atoms with Crippen molar-refractivity contribution in [2.45, 2.75) is 38.5 Å². The molecule has 3 aromatic rings. The van der Waals surface area contributed by atoms with Gasteiger partial charge in [-0.3, -0.25) is 14.8 Å². The summed E-state index contributed by atoms with van der Waals surface area (Å²) in [4.78, 5) is 21.4. The number of benzene rings is 1. The van der Waals surface area contributed by atoms with Crippen LogP contribution in [-0.4, -0.2) is 22.5 Å². The molecule has 0 spiro atoms. The zero-order chi connectivity index (χ0) is 19.5. The van der Waals surface area contributed by atoms with Crippen molar-refractivity contribution in [3.05, 3.63) is 60.2 Å². The van der Waals surface area contributed by atoms with Crippen molar-refractivity contribution in [2.24, 2.45) is 5.92 Å². The quantitative estimate of drug-likeness (QED) is 0.580. The lowest BCUT2D eigenvalue weighted by Gasteiger charge is -2.27. The fourth-order valence-electron chi connectivity index (χ4n) is 4.04. The highest BCUT2D eigenvalue weighted by molar-refractivity contribution is 5.91. The van der Waals surface area contributed by atoms with Gasteiger partial charge in [-0.2, -0.15) is 0 Å². The van der Waals surface area contributed by atoms with E-state index in [-0.39, 0.29) is 23.6 Å². The minimum atomic E-state index is -0.288. The van der Waals surface area contributed by atoms with Crippen LogP contribution in [0, 0.1) is 11.7 Å². The van der Waals surface area contributed by atoms with Crippen molar-refractivity contribution < 1.29 is 13.9 Å². The number of ether oxygens (including phenoxy) is 1. The van der Waals surface area contributed by atoms with Gasteiger partial charge in [0.25, 0.3) is 0 Å². The zero-order valence-corrected chi connectivity index (χ0v) is 15.9. The average Bonchev–Trinajstić information content (AvgIpc) is 2.73. The first-order chi connectivity index (χ1) is 13.7. The Morgan fingerprint density at radius 1 is 1.14 bits per heavy atom. The molecule has 1 aromatic carbocycles. The lowest BCUT2D eigenvalue weighted by Crippen LogP contribution is -2.23. The zero-order valence-electron chi connectivity index (χ0n) is 15.9. The van der Waals surface area contributed by atoms with E-state index in [1.54, 1.807) is 12.3 Å². The minimum absolute atomic E-state index is 0.0130. The van der Waals surface area contributed by atoms with E-state index in [4.69, 9.17) is 9.72 Å². The molecule has 1 aliphatic carbocycles. The SMILES string of the molecule is CCOC(=O)C1CCC(c2cc3cccnc3c(-c3cccc(F)c3)n2)CC1. The highest BCUT2D eigenvalue weighted by Crippen LogP contribution is 2.38. The van der Waals surface area contributed by atoms with E-state index >= 15 is 0 Å². The minimum Gasteiger partial charge on any atom is -0.466 e. The highest BCUT2D eigenvalue weighted by Gasteiger charge is 2.29. The van der Waals surface area contributed by atoms with Crippen LogP contribution in [0.5, 0.6) is 0 Å². The Bertz CT molecular complexity index is 997. The molecule has 1 saturated carbocycles. The maximum atomic E-state index is 13.8. The summed E-state index contributed by atoms with van der Waals surface area (Å²) >= 11 is 0. The van der Waals surface area contributed by atoms with Gasteiger partial charge in [-0.1, -0.05) is 18.2 Å². The third-order valence-electron chi connectivity index (χ3n) is 5.47. The molecule has 5 heteroatoms. The third kappa shape index (κ3) is 3.75. The summed E-state index contributed by atoms with van der Waals surface area (Å²) in [6.07, 6.45) is 5.14. The number of hydrogen-bond donors (Lipinski definition) is 0. The summed E-state index contributed by atoms with van der Waals surface area (Å²) in [5.74, 6) is -0.107. The molecule has 2 aromatic heterocycles. The summed E-state index contributed by atoms with van der Waals surface area (Å²) in [7, 11) is 0. The summed E-state index contributed by atoms with van der Waals surface area (Å²) in [6.45, 7) is 2.26. The molecule has 0 bridgehead atoms. The molecule has 0 aliphatic heterocycles. The van der Waals surface area contributed by atoms with Crippen LogP contribution < -0.4 is 0 Å². The Labute approximate surface area is 163 Å². The average molecular weight is 378 g/mol. The smallest absolute Gasteiger partial charge is 0.308 e. The van der Waals surface area contributed by atoms with Crippen molar-refractivity contribution in [3.8, 4) is 11.3 Å². The van der Waals surface area contributed by atoms with Crippen LogP contribution in [0.25, 0.3) is 22.2 Å². The topological polar surface area (TPSA) is 52.1 Å². The molecule has 0 atom stereocenters. The van der Waals surface area contributed by atoms with Gasteiger partial charge in [0.1, 0.15) is 5.82 Å². The van der Waals surface area contributed by atoms with Gasteiger partial charge in [-0.15, -0.1) is 0 Å². The van der Waals surface area contributed by atoms with Gasteiger partial charge in [0, 0.05) is 28.8 Å². The van der Waals surface area contributed by atoms with E-state index in [1.807, 2.05) is 25.1 Å². The first-order valence-electron chi connectivity index (χ1n) is 9.84. The molecule has 1 aliphatic rings. The molecule has 144 valence electrons.